The van der Waals surface area contributed by atoms with Crippen molar-refractivity contribution in [1.82, 2.24) is 15.3 Å². The van der Waals surface area contributed by atoms with Crippen LogP contribution in [0.1, 0.15) is 23.9 Å². The van der Waals surface area contributed by atoms with Crippen molar-refractivity contribution in [3.8, 4) is 5.75 Å². The number of benzene rings is 1. The maximum Gasteiger partial charge on any atom is 0.132 e. The highest BCUT2D eigenvalue weighted by atomic mass is 16.5. The maximum atomic E-state index is 5.21. The molecule has 1 heterocycles. The van der Waals surface area contributed by atoms with E-state index in [0.717, 1.165) is 42.2 Å². The van der Waals surface area contributed by atoms with Crippen LogP contribution in [0.15, 0.2) is 36.7 Å². The fraction of sp³-hybridized carbons (Fsp3) is 0.333. The molecular formula is C15H19N3O. The summed E-state index contributed by atoms with van der Waals surface area (Å²) in [6.45, 7) is 3.85. The van der Waals surface area contributed by atoms with Gasteiger partial charge in [-0.15, -0.1) is 0 Å². The Hall–Kier alpha value is -1.94. The number of hydrogen-bond acceptors (Lipinski definition) is 4. The first-order chi connectivity index (χ1) is 9.31. The third-order valence-electron chi connectivity index (χ3n) is 2.83. The quantitative estimate of drug-likeness (QED) is 0.861. The standard InChI is InChI=1S/C15H19N3O/c1-3-16-9-13-10-17-15(18-11-13)8-12-5-4-6-14(7-12)19-2/h4-7,10-11,16H,3,8-9H2,1-2H3. The minimum Gasteiger partial charge on any atom is -0.497 e. The van der Waals surface area contributed by atoms with Crippen molar-refractivity contribution in [1.29, 1.82) is 0 Å². The average molecular weight is 257 g/mol. The Balaban J connectivity index is 2.02. The summed E-state index contributed by atoms with van der Waals surface area (Å²) in [6, 6.07) is 7.98. The summed E-state index contributed by atoms with van der Waals surface area (Å²) in [5, 5.41) is 3.25. The first-order valence-electron chi connectivity index (χ1n) is 6.45. The van der Waals surface area contributed by atoms with E-state index in [4.69, 9.17) is 4.74 Å². The van der Waals surface area contributed by atoms with Gasteiger partial charge in [0.1, 0.15) is 11.6 Å². The molecule has 1 aromatic carbocycles. The van der Waals surface area contributed by atoms with Crippen molar-refractivity contribution in [2.24, 2.45) is 0 Å². The highest BCUT2D eigenvalue weighted by Gasteiger charge is 2.01. The molecule has 19 heavy (non-hydrogen) atoms. The van der Waals surface area contributed by atoms with Gasteiger partial charge in [0.05, 0.1) is 7.11 Å². The SMILES string of the molecule is CCNCc1cnc(Cc2cccc(OC)c2)nc1. The largest absolute Gasteiger partial charge is 0.497 e. The van der Waals surface area contributed by atoms with Gasteiger partial charge < -0.3 is 10.1 Å². The molecule has 0 radical (unpaired) electrons. The lowest BCUT2D eigenvalue weighted by molar-refractivity contribution is 0.414. The molecule has 100 valence electrons. The van der Waals surface area contributed by atoms with Gasteiger partial charge in [-0.05, 0) is 24.2 Å². The zero-order valence-electron chi connectivity index (χ0n) is 11.4. The summed E-state index contributed by atoms with van der Waals surface area (Å²) in [5.41, 5.74) is 2.26. The predicted molar refractivity (Wildman–Crippen MR) is 75.2 cm³/mol. The van der Waals surface area contributed by atoms with Gasteiger partial charge in [-0.1, -0.05) is 19.1 Å². The topological polar surface area (TPSA) is 47.0 Å². The molecule has 1 aromatic heterocycles. The molecule has 2 rings (SSSR count). The van der Waals surface area contributed by atoms with Gasteiger partial charge in [0.2, 0.25) is 0 Å². The van der Waals surface area contributed by atoms with Crippen LogP contribution in [0, 0.1) is 0 Å². The molecule has 0 atom stereocenters. The normalized spacial score (nSPS) is 10.4. The van der Waals surface area contributed by atoms with Gasteiger partial charge in [-0.3, -0.25) is 0 Å². The molecule has 0 aliphatic heterocycles. The van der Waals surface area contributed by atoms with Crippen molar-refractivity contribution in [2.75, 3.05) is 13.7 Å². The van der Waals surface area contributed by atoms with Gasteiger partial charge in [0, 0.05) is 30.9 Å². The Morgan fingerprint density at radius 1 is 1.16 bits per heavy atom. The van der Waals surface area contributed by atoms with Gasteiger partial charge >= 0.3 is 0 Å². The number of rotatable bonds is 6. The molecule has 2 aromatic rings. The lowest BCUT2D eigenvalue weighted by Crippen LogP contribution is -2.12. The second kappa shape index (κ2) is 6.85. The minimum absolute atomic E-state index is 0.721. The van der Waals surface area contributed by atoms with Crippen LogP contribution in [0.2, 0.25) is 0 Å². The molecule has 0 spiro atoms. The van der Waals surface area contributed by atoms with Gasteiger partial charge in [-0.2, -0.15) is 0 Å². The van der Waals surface area contributed by atoms with Gasteiger partial charge in [0.25, 0.3) is 0 Å². The van der Waals surface area contributed by atoms with Crippen LogP contribution in [-0.2, 0) is 13.0 Å². The molecule has 0 fully saturated rings. The summed E-state index contributed by atoms with van der Waals surface area (Å²) < 4.78 is 5.21. The number of aromatic nitrogens is 2. The second-order valence-corrected chi connectivity index (χ2v) is 4.32. The molecule has 0 aliphatic carbocycles. The van der Waals surface area contributed by atoms with Crippen LogP contribution in [-0.4, -0.2) is 23.6 Å². The smallest absolute Gasteiger partial charge is 0.132 e. The molecule has 0 aliphatic rings. The molecule has 0 bridgehead atoms. The lowest BCUT2D eigenvalue weighted by Gasteiger charge is -2.05. The Morgan fingerprint density at radius 3 is 2.63 bits per heavy atom. The highest BCUT2D eigenvalue weighted by molar-refractivity contribution is 5.30. The fourth-order valence-electron chi connectivity index (χ4n) is 1.80. The zero-order chi connectivity index (χ0) is 13.5. The molecule has 4 nitrogen and oxygen atoms in total. The van der Waals surface area contributed by atoms with E-state index in [1.165, 1.54) is 0 Å². The van der Waals surface area contributed by atoms with Gasteiger partial charge in [0.15, 0.2) is 0 Å². The van der Waals surface area contributed by atoms with Crippen LogP contribution in [0.4, 0.5) is 0 Å². The van der Waals surface area contributed by atoms with E-state index in [9.17, 15) is 0 Å². The number of nitrogens with one attached hydrogen (secondary N) is 1. The highest BCUT2D eigenvalue weighted by Crippen LogP contribution is 2.14. The van der Waals surface area contributed by atoms with Crippen molar-refractivity contribution >= 4 is 0 Å². The molecular weight excluding hydrogens is 238 g/mol. The summed E-state index contributed by atoms with van der Waals surface area (Å²) in [5.74, 6) is 1.69. The Labute approximate surface area is 113 Å². The summed E-state index contributed by atoms with van der Waals surface area (Å²) in [6.07, 6.45) is 4.48. The first kappa shape index (κ1) is 13.5. The van der Waals surface area contributed by atoms with E-state index in [2.05, 4.69) is 28.3 Å². The van der Waals surface area contributed by atoms with Crippen LogP contribution in [0.3, 0.4) is 0 Å². The number of methoxy groups -OCH3 is 1. The van der Waals surface area contributed by atoms with Crippen LogP contribution in [0.25, 0.3) is 0 Å². The maximum absolute atomic E-state index is 5.21. The van der Waals surface area contributed by atoms with Crippen LogP contribution < -0.4 is 10.1 Å². The van der Waals surface area contributed by atoms with Crippen molar-refractivity contribution in [3.05, 3.63) is 53.6 Å². The molecule has 0 amide bonds. The minimum atomic E-state index is 0.721. The van der Waals surface area contributed by atoms with E-state index < -0.39 is 0 Å². The Bertz CT molecular complexity index is 511. The van der Waals surface area contributed by atoms with E-state index >= 15 is 0 Å². The summed E-state index contributed by atoms with van der Waals surface area (Å²) in [7, 11) is 1.67. The first-order valence-corrected chi connectivity index (χ1v) is 6.45. The van der Waals surface area contributed by atoms with E-state index in [1.807, 2.05) is 30.6 Å². The molecule has 0 unspecified atom stereocenters. The Morgan fingerprint density at radius 2 is 1.95 bits per heavy atom. The zero-order valence-corrected chi connectivity index (χ0v) is 11.4. The van der Waals surface area contributed by atoms with E-state index in [1.54, 1.807) is 7.11 Å². The third kappa shape index (κ3) is 4.03. The van der Waals surface area contributed by atoms with Gasteiger partial charge in [-0.25, -0.2) is 9.97 Å². The van der Waals surface area contributed by atoms with Crippen LogP contribution in [0.5, 0.6) is 5.75 Å². The number of nitrogens with zero attached hydrogens (tertiary/aromatic N) is 2. The molecule has 4 heteroatoms. The van der Waals surface area contributed by atoms with Crippen molar-refractivity contribution < 1.29 is 4.74 Å². The summed E-state index contributed by atoms with van der Waals surface area (Å²) >= 11 is 0. The molecule has 1 N–H and O–H groups in total. The second-order valence-electron chi connectivity index (χ2n) is 4.32. The fourth-order valence-corrected chi connectivity index (χ4v) is 1.80. The number of hydrogen-bond donors (Lipinski definition) is 1. The molecule has 0 saturated heterocycles. The van der Waals surface area contributed by atoms with Crippen molar-refractivity contribution in [3.63, 3.8) is 0 Å². The third-order valence-corrected chi connectivity index (χ3v) is 2.83. The molecule has 0 saturated carbocycles. The number of ether oxygens (including phenoxy) is 1. The Kier molecular flexibility index (Phi) is 4.86. The van der Waals surface area contributed by atoms with Crippen LogP contribution >= 0.6 is 0 Å². The average Bonchev–Trinajstić information content (AvgIpc) is 2.47. The monoisotopic (exact) mass is 257 g/mol. The van der Waals surface area contributed by atoms with E-state index in [0.29, 0.717) is 0 Å². The van der Waals surface area contributed by atoms with Crippen molar-refractivity contribution in [2.45, 2.75) is 19.9 Å². The summed E-state index contributed by atoms with van der Waals surface area (Å²) in [4.78, 5) is 8.78. The lowest BCUT2D eigenvalue weighted by atomic mass is 10.1. The predicted octanol–water partition coefficient (Wildman–Crippen LogP) is 2.19. The van der Waals surface area contributed by atoms with E-state index in [-0.39, 0.29) is 0 Å².